The Morgan fingerprint density at radius 3 is 1.80 bits per heavy atom. The first-order valence-electron chi connectivity index (χ1n) is 10.3. The van der Waals surface area contributed by atoms with Gasteiger partial charge in [0, 0.05) is 5.41 Å². The molecule has 0 spiro atoms. The molecule has 1 unspecified atom stereocenters. The van der Waals surface area contributed by atoms with Crippen molar-refractivity contribution in [2.45, 2.75) is 120 Å². The first-order valence-corrected chi connectivity index (χ1v) is 10.3. The van der Waals surface area contributed by atoms with E-state index in [1.54, 1.807) is 0 Å². The minimum absolute atomic E-state index is 0.0154. The van der Waals surface area contributed by atoms with E-state index < -0.39 is 11.0 Å². The molecule has 1 rings (SSSR count). The van der Waals surface area contributed by atoms with Crippen LogP contribution in [0.2, 0.25) is 0 Å². The summed E-state index contributed by atoms with van der Waals surface area (Å²) in [7, 11) is 0. The Hall–Kier alpha value is -0.530. The smallest absolute Gasteiger partial charge is 0.312 e. The van der Waals surface area contributed by atoms with Gasteiger partial charge in [-0.2, -0.15) is 0 Å². The summed E-state index contributed by atoms with van der Waals surface area (Å²) < 4.78 is 6.32. The average molecular weight is 353 g/mol. The van der Waals surface area contributed by atoms with E-state index in [1.807, 2.05) is 0 Å². The van der Waals surface area contributed by atoms with Crippen molar-refractivity contribution >= 4 is 5.97 Å². The lowest BCUT2D eigenvalue weighted by molar-refractivity contribution is -0.193. The van der Waals surface area contributed by atoms with Crippen LogP contribution in [0.4, 0.5) is 0 Å². The van der Waals surface area contributed by atoms with E-state index in [9.17, 15) is 4.79 Å². The highest BCUT2D eigenvalue weighted by atomic mass is 16.6. The highest BCUT2D eigenvalue weighted by Crippen LogP contribution is 2.51. The van der Waals surface area contributed by atoms with E-state index in [4.69, 9.17) is 4.74 Å². The van der Waals surface area contributed by atoms with E-state index in [-0.39, 0.29) is 22.2 Å². The van der Waals surface area contributed by atoms with Crippen molar-refractivity contribution in [2.24, 2.45) is 21.7 Å². The predicted octanol–water partition coefficient (Wildman–Crippen LogP) is 7.16. The van der Waals surface area contributed by atoms with Crippen LogP contribution in [-0.4, -0.2) is 11.6 Å². The predicted molar refractivity (Wildman–Crippen MR) is 108 cm³/mol. The van der Waals surface area contributed by atoms with E-state index in [0.717, 1.165) is 25.7 Å². The van der Waals surface area contributed by atoms with E-state index in [1.165, 1.54) is 19.3 Å². The molecule has 1 fully saturated rings. The summed E-state index contributed by atoms with van der Waals surface area (Å²) in [6.45, 7) is 21.9. The van der Waals surface area contributed by atoms with Gasteiger partial charge in [0.2, 0.25) is 0 Å². The molecule has 0 saturated heterocycles. The van der Waals surface area contributed by atoms with Crippen LogP contribution >= 0.6 is 0 Å². The van der Waals surface area contributed by atoms with Gasteiger partial charge in [-0.25, -0.2) is 0 Å². The van der Waals surface area contributed by atoms with E-state index >= 15 is 0 Å². The molecule has 1 saturated carbocycles. The van der Waals surface area contributed by atoms with E-state index in [2.05, 4.69) is 69.2 Å². The largest absolute Gasteiger partial charge is 0.459 e. The summed E-state index contributed by atoms with van der Waals surface area (Å²) in [5, 5.41) is 0. The molecule has 0 aromatic heterocycles. The highest BCUT2D eigenvalue weighted by molar-refractivity contribution is 5.78. The Bertz CT molecular complexity index is 461. The molecule has 0 bridgehead atoms. The molecule has 0 heterocycles. The van der Waals surface area contributed by atoms with Crippen LogP contribution in [-0.2, 0) is 9.53 Å². The fraction of sp³-hybridized carbons (Fsp3) is 0.957. The summed E-state index contributed by atoms with van der Waals surface area (Å²) in [6.07, 6.45) is 8.02. The van der Waals surface area contributed by atoms with Crippen LogP contribution in [0.5, 0.6) is 0 Å². The van der Waals surface area contributed by atoms with Gasteiger partial charge in [0.15, 0.2) is 0 Å². The fourth-order valence-electron chi connectivity index (χ4n) is 4.13. The van der Waals surface area contributed by atoms with Crippen LogP contribution in [0.25, 0.3) is 0 Å². The van der Waals surface area contributed by atoms with Crippen LogP contribution in [0.15, 0.2) is 0 Å². The summed E-state index contributed by atoms with van der Waals surface area (Å²) in [4.78, 5) is 13.5. The van der Waals surface area contributed by atoms with Gasteiger partial charge >= 0.3 is 5.97 Å². The standard InChI is InChI=1S/C23H44O2/c1-11-20(5,6)17-23(10,19(2,3)4)18(24)25-21(7,8)22(9)15-13-12-14-16-22/h11-17H2,1-10H3. The molecule has 148 valence electrons. The highest BCUT2D eigenvalue weighted by Gasteiger charge is 2.52. The number of hydrogen-bond acceptors (Lipinski definition) is 2. The van der Waals surface area contributed by atoms with Crippen molar-refractivity contribution < 1.29 is 9.53 Å². The maximum absolute atomic E-state index is 13.5. The molecule has 1 aliphatic rings. The number of rotatable bonds is 6. The Morgan fingerprint density at radius 1 is 0.920 bits per heavy atom. The second kappa shape index (κ2) is 7.24. The summed E-state index contributed by atoms with van der Waals surface area (Å²) >= 11 is 0. The van der Waals surface area contributed by atoms with Gasteiger partial charge in [0.05, 0.1) is 5.41 Å². The summed E-state index contributed by atoms with van der Waals surface area (Å²) in [5.41, 5.74) is -0.845. The van der Waals surface area contributed by atoms with Crippen LogP contribution in [0.3, 0.4) is 0 Å². The molecular weight excluding hydrogens is 308 g/mol. The zero-order valence-corrected chi connectivity index (χ0v) is 18.8. The lowest BCUT2D eigenvalue weighted by atomic mass is 9.60. The Kier molecular flexibility index (Phi) is 6.51. The molecule has 0 radical (unpaired) electrons. The minimum atomic E-state index is -0.491. The van der Waals surface area contributed by atoms with Crippen LogP contribution in [0.1, 0.15) is 114 Å². The molecule has 0 aromatic rings. The van der Waals surface area contributed by atoms with Gasteiger partial charge < -0.3 is 4.74 Å². The first kappa shape index (κ1) is 22.5. The Labute approximate surface area is 157 Å². The number of carbonyl (C=O) groups excluding carboxylic acids is 1. The Morgan fingerprint density at radius 2 is 1.40 bits per heavy atom. The molecule has 0 aliphatic heterocycles. The second-order valence-electron chi connectivity index (χ2n) is 11.3. The van der Waals surface area contributed by atoms with Crippen molar-refractivity contribution in [3.05, 3.63) is 0 Å². The van der Waals surface area contributed by atoms with Crippen LogP contribution in [0, 0.1) is 21.7 Å². The van der Waals surface area contributed by atoms with Gasteiger partial charge in [0.25, 0.3) is 0 Å². The Balaban J connectivity index is 3.10. The third-order valence-corrected chi connectivity index (χ3v) is 7.65. The van der Waals surface area contributed by atoms with E-state index in [0.29, 0.717) is 0 Å². The molecular formula is C23H44O2. The lowest BCUT2D eigenvalue weighted by Crippen LogP contribution is -2.52. The molecule has 1 atom stereocenters. The third kappa shape index (κ3) is 4.80. The molecule has 1 aliphatic carbocycles. The summed E-state index contributed by atoms with van der Waals surface area (Å²) in [5.74, 6) is -0.0154. The SMILES string of the molecule is CCC(C)(C)CC(C)(C(=O)OC(C)(C)C1(C)CCCCC1)C(C)(C)C. The van der Waals surface area contributed by atoms with Gasteiger partial charge in [-0.3, -0.25) is 4.79 Å². The van der Waals surface area contributed by atoms with Crippen molar-refractivity contribution in [3.8, 4) is 0 Å². The second-order valence-corrected chi connectivity index (χ2v) is 11.3. The zero-order chi connectivity index (χ0) is 19.7. The third-order valence-electron chi connectivity index (χ3n) is 7.65. The lowest BCUT2D eigenvalue weighted by Gasteiger charge is -2.50. The van der Waals surface area contributed by atoms with Gasteiger partial charge in [-0.1, -0.05) is 74.1 Å². The monoisotopic (exact) mass is 352 g/mol. The minimum Gasteiger partial charge on any atom is -0.459 e. The molecule has 25 heavy (non-hydrogen) atoms. The van der Waals surface area contributed by atoms with Crippen LogP contribution < -0.4 is 0 Å². The van der Waals surface area contributed by atoms with Gasteiger partial charge in [-0.15, -0.1) is 0 Å². The molecule has 2 heteroatoms. The molecule has 0 aromatic carbocycles. The normalized spacial score (nSPS) is 21.5. The van der Waals surface area contributed by atoms with Crippen molar-refractivity contribution in [3.63, 3.8) is 0 Å². The van der Waals surface area contributed by atoms with Crippen molar-refractivity contribution in [2.75, 3.05) is 0 Å². The molecule has 2 nitrogen and oxygen atoms in total. The number of esters is 1. The van der Waals surface area contributed by atoms with Crippen molar-refractivity contribution in [1.82, 2.24) is 0 Å². The molecule has 0 amide bonds. The topological polar surface area (TPSA) is 26.3 Å². The fourth-order valence-corrected chi connectivity index (χ4v) is 4.13. The zero-order valence-electron chi connectivity index (χ0n) is 18.8. The van der Waals surface area contributed by atoms with Crippen molar-refractivity contribution in [1.29, 1.82) is 0 Å². The quantitative estimate of drug-likeness (QED) is 0.474. The maximum atomic E-state index is 13.5. The van der Waals surface area contributed by atoms with Gasteiger partial charge in [-0.05, 0) is 50.9 Å². The first-order chi connectivity index (χ1) is 11.1. The number of hydrogen-bond donors (Lipinski definition) is 0. The summed E-state index contributed by atoms with van der Waals surface area (Å²) in [6, 6.07) is 0. The maximum Gasteiger partial charge on any atom is 0.312 e. The number of ether oxygens (including phenoxy) is 1. The number of carbonyl (C=O) groups is 1. The van der Waals surface area contributed by atoms with Gasteiger partial charge in [0.1, 0.15) is 5.60 Å². The average Bonchev–Trinajstić information content (AvgIpc) is 2.45. The molecule has 0 N–H and O–H groups in total.